The molecule has 0 radical (unpaired) electrons. The van der Waals surface area contributed by atoms with Gasteiger partial charge in [-0.2, -0.15) is 5.10 Å². The van der Waals surface area contributed by atoms with Crippen molar-refractivity contribution < 1.29 is 9.59 Å². The molecule has 0 bridgehead atoms. The maximum atomic E-state index is 12.4. The fourth-order valence-corrected chi connectivity index (χ4v) is 2.31. The molecule has 0 spiro atoms. The summed E-state index contributed by atoms with van der Waals surface area (Å²) in [7, 11) is 1.77. The Hall–Kier alpha value is -2.63. The molecule has 102 valence electrons. The number of nitrogens with one attached hydrogen (secondary N) is 1. The molecule has 1 unspecified atom stereocenters. The first-order valence-corrected chi connectivity index (χ1v) is 6.26. The molecule has 2 heterocycles. The number of imide groups is 1. The highest BCUT2D eigenvalue weighted by molar-refractivity contribution is 6.21. The van der Waals surface area contributed by atoms with Gasteiger partial charge in [-0.05, 0) is 24.6 Å². The minimum atomic E-state index is -0.670. The summed E-state index contributed by atoms with van der Waals surface area (Å²) >= 11 is 0. The molecule has 1 atom stereocenters. The van der Waals surface area contributed by atoms with E-state index in [-0.39, 0.29) is 5.91 Å². The van der Waals surface area contributed by atoms with Gasteiger partial charge < -0.3 is 5.32 Å². The molecule has 6 heteroatoms. The summed E-state index contributed by atoms with van der Waals surface area (Å²) in [5.41, 5.74) is 2.26. The first-order chi connectivity index (χ1) is 9.56. The molecule has 2 aromatic rings. The first kappa shape index (κ1) is 12.4. The number of aryl methyl sites for hydroxylation is 2. The number of hydrogen-bond donors (Lipinski definition) is 1. The largest absolute Gasteiger partial charge is 0.329 e. The summed E-state index contributed by atoms with van der Waals surface area (Å²) in [6.45, 7) is 1.92. The highest BCUT2D eigenvalue weighted by Crippen LogP contribution is 2.27. The minimum absolute atomic E-state index is 0.284. The number of rotatable bonds is 2. The Morgan fingerprint density at radius 1 is 1.30 bits per heavy atom. The van der Waals surface area contributed by atoms with Crippen molar-refractivity contribution in [2.24, 2.45) is 7.05 Å². The lowest BCUT2D eigenvalue weighted by atomic mass is 10.1. The fourth-order valence-electron chi connectivity index (χ4n) is 2.31. The Morgan fingerprint density at radius 2 is 2.10 bits per heavy atom. The zero-order valence-corrected chi connectivity index (χ0v) is 11.2. The molecule has 3 rings (SSSR count). The van der Waals surface area contributed by atoms with Gasteiger partial charge in [-0.3, -0.25) is 9.48 Å². The van der Waals surface area contributed by atoms with Crippen LogP contribution in [-0.4, -0.2) is 21.7 Å². The van der Waals surface area contributed by atoms with Crippen LogP contribution in [0, 0.1) is 6.92 Å². The molecule has 0 saturated carbocycles. The maximum Gasteiger partial charge on any atom is 0.329 e. The molecule has 0 aliphatic carbocycles. The van der Waals surface area contributed by atoms with E-state index >= 15 is 0 Å². The number of carbonyl (C=O) groups is 2. The van der Waals surface area contributed by atoms with Crippen LogP contribution in [-0.2, 0) is 11.8 Å². The Labute approximate surface area is 116 Å². The topological polar surface area (TPSA) is 67.2 Å². The van der Waals surface area contributed by atoms with E-state index in [9.17, 15) is 9.59 Å². The van der Waals surface area contributed by atoms with Gasteiger partial charge in [0.15, 0.2) is 0 Å². The van der Waals surface area contributed by atoms with Gasteiger partial charge in [-0.15, -0.1) is 0 Å². The van der Waals surface area contributed by atoms with E-state index in [2.05, 4.69) is 10.4 Å². The minimum Gasteiger partial charge on any atom is -0.321 e. The zero-order valence-electron chi connectivity index (χ0n) is 11.2. The van der Waals surface area contributed by atoms with E-state index in [0.29, 0.717) is 11.3 Å². The molecule has 1 N–H and O–H groups in total. The Kier molecular flexibility index (Phi) is 2.78. The molecule has 3 amide bonds. The van der Waals surface area contributed by atoms with E-state index in [4.69, 9.17) is 0 Å². The number of hydrogen-bond acceptors (Lipinski definition) is 3. The average Bonchev–Trinajstić information content (AvgIpc) is 2.93. The normalized spacial score (nSPS) is 18.5. The maximum absolute atomic E-state index is 12.4. The van der Waals surface area contributed by atoms with Crippen LogP contribution in [0.5, 0.6) is 0 Å². The number of benzene rings is 1. The molecular formula is C14H14N4O2. The highest BCUT2D eigenvalue weighted by Gasteiger charge is 2.40. The van der Waals surface area contributed by atoms with Crippen LogP contribution < -0.4 is 10.2 Å². The lowest BCUT2D eigenvalue weighted by Crippen LogP contribution is -2.30. The van der Waals surface area contributed by atoms with Crippen molar-refractivity contribution in [3.05, 3.63) is 47.8 Å². The number of nitrogens with zero attached hydrogens (tertiary/aromatic N) is 3. The molecule has 1 aromatic heterocycles. The summed E-state index contributed by atoms with van der Waals surface area (Å²) in [6, 6.07) is 6.22. The van der Waals surface area contributed by atoms with Gasteiger partial charge in [0.2, 0.25) is 0 Å². The second-order valence-electron chi connectivity index (χ2n) is 4.84. The van der Waals surface area contributed by atoms with Gasteiger partial charge in [0.05, 0.1) is 11.9 Å². The van der Waals surface area contributed by atoms with Crippen LogP contribution in [0.4, 0.5) is 10.5 Å². The fraction of sp³-hybridized carbons (Fsp3) is 0.214. The van der Waals surface area contributed by atoms with Crippen molar-refractivity contribution >= 4 is 17.6 Å². The lowest BCUT2D eigenvalue weighted by molar-refractivity contribution is -0.118. The Bertz CT molecular complexity index is 692. The molecular weight excluding hydrogens is 256 g/mol. The summed E-state index contributed by atoms with van der Waals surface area (Å²) < 4.78 is 1.60. The number of aromatic nitrogens is 2. The van der Waals surface area contributed by atoms with Gasteiger partial charge in [-0.25, -0.2) is 9.69 Å². The third-order valence-corrected chi connectivity index (χ3v) is 3.26. The van der Waals surface area contributed by atoms with E-state index in [1.807, 2.05) is 25.1 Å². The number of urea groups is 1. The number of carbonyl (C=O) groups excluding carboxylic acids is 2. The van der Waals surface area contributed by atoms with Gasteiger partial charge in [-0.1, -0.05) is 12.1 Å². The van der Waals surface area contributed by atoms with Crippen molar-refractivity contribution in [1.29, 1.82) is 0 Å². The molecule has 1 aromatic carbocycles. The van der Waals surface area contributed by atoms with E-state index < -0.39 is 12.1 Å². The SMILES string of the molecule is Cc1cccc(N2C(=O)NC(c3cnn(C)c3)C2=O)c1. The number of anilines is 1. The summed E-state index contributed by atoms with van der Waals surface area (Å²) in [5.74, 6) is -0.284. The monoisotopic (exact) mass is 270 g/mol. The van der Waals surface area contributed by atoms with Crippen molar-refractivity contribution in [3.8, 4) is 0 Å². The van der Waals surface area contributed by atoms with Crippen LogP contribution in [0.1, 0.15) is 17.2 Å². The molecule has 1 saturated heterocycles. The molecule has 20 heavy (non-hydrogen) atoms. The predicted molar refractivity (Wildman–Crippen MR) is 73.1 cm³/mol. The van der Waals surface area contributed by atoms with Crippen molar-refractivity contribution in [1.82, 2.24) is 15.1 Å². The third-order valence-electron chi connectivity index (χ3n) is 3.26. The van der Waals surface area contributed by atoms with Crippen LogP contribution in [0.2, 0.25) is 0 Å². The van der Waals surface area contributed by atoms with Crippen molar-refractivity contribution in [2.75, 3.05) is 4.90 Å². The van der Waals surface area contributed by atoms with Crippen LogP contribution in [0.15, 0.2) is 36.7 Å². The Balaban J connectivity index is 1.95. The van der Waals surface area contributed by atoms with Crippen molar-refractivity contribution in [3.63, 3.8) is 0 Å². The van der Waals surface area contributed by atoms with Gasteiger partial charge >= 0.3 is 6.03 Å². The molecule has 6 nitrogen and oxygen atoms in total. The first-order valence-electron chi connectivity index (χ1n) is 6.26. The molecule has 1 aliphatic rings. The standard InChI is InChI=1S/C14H14N4O2/c1-9-4-3-5-11(6-9)18-13(19)12(16-14(18)20)10-7-15-17(2)8-10/h3-8,12H,1-2H3,(H,16,20). The quantitative estimate of drug-likeness (QED) is 0.841. The predicted octanol–water partition coefficient (Wildman–Crippen LogP) is 1.53. The summed E-state index contributed by atoms with van der Waals surface area (Å²) in [6.07, 6.45) is 3.31. The zero-order chi connectivity index (χ0) is 14.3. The highest BCUT2D eigenvalue weighted by atomic mass is 16.2. The second-order valence-corrected chi connectivity index (χ2v) is 4.84. The second kappa shape index (κ2) is 4.48. The average molecular weight is 270 g/mol. The summed E-state index contributed by atoms with van der Waals surface area (Å²) in [4.78, 5) is 25.7. The Morgan fingerprint density at radius 3 is 2.75 bits per heavy atom. The van der Waals surface area contributed by atoms with Crippen molar-refractivity contribution in [2.45, 2.75) is 13.0 Å². The summed E-state index contributed by atoms with van der Waals surface area (Å²) in [5, 5.41) is 6.71. The van der Waals surface area contributed by atoms with Crippen LogP contribution >= 0.6 is 0 Å². The number of amides is 3. The van der Waals surface area contributed by atoms with Crippen LogP contribution in [0.25, 0.3) is 0 Å². The van der Waals surface area contributed by atoms with Gasteiger partial charge in [0.1, 0.15) is 6.04 Å². The smallest absolute Gasteiger partial charge is 0.321 e. The van der Waals surface area contributed by atoms with Gasteiger partial charge in [0.25, 0.3) is 5.91 Å². The lowest BCUT2D eigenvalue weighted by Gasteiger charge is -2.13. The van der Waals surface area contributed by atoms with E-state index in [1.54, 1.807) is 30.2 Å². The third kappa shape index (κ3) is 1.95. The van der Waals surface area contributed by atoms with Crippen LogP contribution in [0.3, 0.4) is 0 Å². The van der Waals surface area contributed by atoms with Gasteiger partial charge in [0, 0.05) is 18.8 Å². The van der Waals surface area contributed by atoms with E-state index in [1.165, 1.54) is 4.90 Å². The molecule has 1 aliphatic heterocycles. The molecule has 1 fully saturated rings. The van der Waals surface area contributed by atoms with E-state index in [0.717, 1.165) is 5.56 Å².